The molecule has 10 heteroatoms. The van der Waals surface area contributed by atoms with Crippen molar-refractivity contribution in [1.29, 1.82) is 0 Å². The molecule has 2 aromatic carbocycles. The van der Waals surface area contributed by atoms with E-state index in [1.807, 2.05) is 30.3 Å². The van der Waals surface area contributed by atoms with Gasteiger partial charge in [-0.15, -0.1) is 0 Å². The van der Waals surface area contributed by atoms with Crippen molar-refractivity contribution < 1.29 is 28.7 Å². The first-order valence-corrected chi connectivity index (χ1v) is 11.1. The van der Waals surface area contributed by atoms with Crippen molar-refractivity contribution in [3.8, 4) is 11.5 Å². The van der Waals surface area contributed by atoms with Crippen LogP contribution in [0.2, 0.25) is 0 Å². The molecule has 2 N–H and O–H groups in total. The van der Waals surface area contributed by atoms with Crippen LogP contribution in [0.1, 0.15) is 25.3 Å². The summed E-state index contributed by atoms with van der Waals surface area (Å²) in [5, 5.41) is 3.41. The Hall–Kier alpha value is -4.08. The van der Waals surface area contributed by atoms with Gasteiger partial charge in [-0.25, -0.2) is 4.79 Å². The van der Waals surface area contributed by atoms with E-state index in [2.05, 4.69) is 10.7 Å². The minimum atomic E-state index is -1.13. The summed E-state index contributed by atoms with van der Waals surface area (Å²) in [6.45, 7) is 1.88. The van der Waals surface area contributed by atoms with Gasteiger partial charge in [0.05, 0.1) is 5.92 Å². The van der Waals surface area contributed by atoms with Crippen LogP contribution in [0.5, 0.6) is 11.5 Å². The third-order valence-corrected chi connectivity index (χ3v) is 6.40. The Labute approximate surface area is 195 Å². The Morgan fingerprint density at radius 3 is 2.68 bits per heavy atom. The molecule has 2 atom stereocenters. The molecular weight excluding hydrogens is 440 g/mol. The molecule has 5 rings (SSSR count). The Kier molecular flexibility index (Phi) is 5.35. The molecule has 2 aromatic rings. The lowest BCUT2D eigenvalue weighted by Crippen LogP contribution is -2.50. The second-order valence-corrected chi connectivity index (χ2v) is 8.81. The number of hydrazine groups is 1. The molecule has 5 amide bonds. The number of benzene rings is 2. The number of carbonyl (C=O) groups excluding carboxylic acids is 4. The number of hydrogen-bond donors (Lipinski definition) is 2. The molecule has 0 aromatic heterocycles. The van der Waals surface area contributed by atoms with Gasteiger partial charge in [0.15, 0.2) is 11.5 Å². The quantitative estimate of drug-likeness (QED) is 0.629. The average molecular weight is 464 g/mol. The highest BCUT2D eigenvalue weighted by Gasteiger charge is 2.49. The maximum atomic E-state index is 13.0. The van der Waals surface area contributed by atoms with Gasteiger partial charge in [-0.2, -0.15) is 5.01 Å². The van der Waals surface area contributed by atoms with Crippen molar-refractivity contribution in [2.75, 3.05) is 18.2 Å². The van der Waals surface area contributed by atoms with Crippen molar-refractivity contribution >= 4 is 29.4 Å². The number of carbonyl (C=O) groups is 4. The van der Waals surface area contributed by atoms with E-state index < -0.39 is 29.3 Å². The van der Waals surface area contributed by atoms with E-state index in [4.69, 9.17) is 9.47 Å². The Bertz CT molecular complexity index is 1170. The highest BCUT2D eigenvalue weighted by atomic mass is 16.7. The van der Waals surface area contributed by atoms with Crippen LogP contribution >= 0.6 is 0 Å². The molecule has 3 aliphatic heterocycles. The van der Waals surface area contributed by atoms with Gasteiger partial charge in [-0.3, -0.25) is 19.8 Å². The van der Waals surface area contributed by atoms with Crippen LogP contribution in [0.3, 0.4) is 0 Å². The largest absolute Gasteiger partial charge is 0.454 e. The normalized spacial score (nSPS) is 23.4. The van der Waals surface area contributed by atoms with Crippen LogP contribution in [0, 0.1) is 5.92 Å². The molecular formula is C24H24N4O6. The topological polar surface area (TPSA) is 117 Å². The lowest BCUT2D eigenvalue weighted by atomic mass is 9.93. The van der Waals surface area contributed by atoms with Crippen molar-refractivity contribution in [2.45, 2.75) is 31.7 Å². The van der Waals surface area contributed by atoms with E-state index in [0.717, 1.165) is 10.6 Å². The zero-order valence-electron chi connectivity index (χ0n) is 18.6. The predicted octanol–water partition coefficient (Wildman–Crippen LogP) is 1.74. The van der Waals surface area contributed by atoms with Crippen LogP contribution in [-0.4, -0.2) is 47.6 Å². The van der Waals surface area contributed by atoms with Crippen molar-refractivity contribution in [1.82, 2.24) is 15.8 Å². The molecule has 176 valence electrons. The molecule has 0 spiro atoms. The van der Waals surface area contributed by atoms with Crippen molar-refractivity contribution in [3.63, 3.8) is 0 Å². The van der Waals surface area contributed by atoms with E-state index in [1.165, 1.54) is 4.90 Å². The molecule has 2 fully saturated rings. The highest BCUT2D eigenvalue weighted by Crippen LogP contribution is 2.37. The molecule has 0 aliphatic carbocycles. The van der Waals surface area contributed by atoms with Crippen molar-refractivity contribution in [3.05, 3.63) is 54.1 Å². The molecule has 34 heavy (non-hydrogen) atoms. The smallest absolute Gasteiger partial charge is 0.344 e. The fourth-order valence-corrected chi connectivity index (χ4v) is 4.38. The van der Waals surface area contributed by atoms with Gasteiger partial charge in [0, 0.05) is 24.7 Å². The van der Waals surface area contributed by atoms with Crippen molar-refractivity contribution in [2.24, 2.45) is 5.92 Å². The summed E-state index contributed by atoms with van der Waals surface area (Å²) in [6.07, 6.45) is 0.940. The van der Waals surface area contributed by atoms with E-state index in [0.29, 0.717) is 30.0 Å². The number of rotatable bonds is 6. The number of urea groups is 1. The molecule has 2 unspecified atom stereocenters. The first-order valence-electron chi connectivity index (χ1n) is 11.1. The van der Waals surface area contributed by atoms with Gasteiger partial charge >= 0.3 is 6.03 Å². The number of fused-ring (bicyclic) bond motifs is 1. The van der Waals surface area contributed by atoms with Crippen LogP contribution < -0.4 is 25.1 Å². The first kappa shape index (κ1) is 21.7. The van der Waals surface area contributed by atoms with Gasteiger partial charge in [0.2, 0.25) is 18.6 Å². The van der Waals surface area contributed by atoms with Crippen LogP contribution in [0.4, 0.5) is 10.5 Å². The monoisotopic (exact) mass is 464 g/mol. The lowest BCUT2D eigenvalue weighted by Gasteiger charge is -2.22. The molecule has 3 heterocycles. The Balaban J connectivity index is 1.22. The number of amides is 5. The molecule has 10 nitrogen and oxygen atoms in total. The third kappa shape index (κ3) is 3.91. The number of nitrogens with zero attached hydrogens (tertiary/aromatic N) is 2. The SMILES string of the molecule is CC1(CCc2ccccc2)NC(=O)N(NC(=O)C2CC(=O)N(c3ccc4c(c3)OCO4)C2)C1=O. The molecule has 0 radical (unpaired) electrons. The standard InChI is InChI=1S/C24H24N4O6/c1-24(10-9-15-5-3-2-4-6-15)22(31)28(23(32)25-24)26-21(30)16-11-20(29)27(13-16)17-7-8-18-19(12-17)34-14-33-18/h2-8,12,16H,9-11,13-14H2,1H3,(H,25,32)(H,26,30). The zero-order chi connectivity index (χ0) is 23.9. The van der Waals surface area contributed by atoms with E-state index >= 15 is 0 Å². The second-order valence-electron chi connectivity index (χ2n) is 8.81. The maximum absolute atomic E-state index is 13.0. The number of aryl methyl sites for hydroxylation is 1. The molecule has 0 bridgehead atoms. The summed E-state index contributed by atoms with van der Waals surface area (Å²) in [6, 6.07) is 14.1. The summed E-state index contributed by atoms with van der Waals surface area (Å²) in [5.41, 5.74) is 2.92. The first-order chi connectivity index (χ1) is 16.3. The second kappa shape index (κ2) is 8.36. The summed E-state index contributed by atoms with van der Waals surface area (Å²) in [7, 11) is 0. The van der Waals surface area contributed by atoms with E-state index in [9.17, 15) is 19.2 Å². The fourth-order valence-electron chi connectivity index (χ4n) is 4.38. The molecule has 2 saturated heterocycles. The summed E-state index contributed by atoms with van der Waals surface area (Å²) in [4.78, 5) is 52.5. The van der Waals surface area contributed by atoms with Gasteiger partial charge < -0.3 is 19.7 Å². The number of anilines is 1. The van der Waals surface area contributed by atoms with Crippen LogP contribution in [0.25, 0.3) is 0 Å². The number of ether oxygens (including phenoxy) is 2. The summed E-state index contributed by atoms with van der Waals surface area (Å²) >= 11 is 0. The summed E-state index contributed by atoms with van der Waals surface area (Å²) in [5.74, 6) is -0.907. The maximum Gasteiger partial charge on any atom is 0.344 e. The van der Waals surface area contributed by atoms with E-state index in [-0.39, 0.29) is 25.7 Å². The number of imide groups is 1. The van der Waals surface area contributed by atoms with Crippen LogP contribution in [-0.2, 0) is 20.8 Å². The number of nitrogens with one attached hydrogen (secondary N) is 2. The van der Waals surface area contributed by atoms with Crippen LogP contribution in [0.15, 0.2) is 48.5 Å². The van der Waals surface area contributed by atoms with Gasteiger partial charge in [-0.05, 0) is 37.5 Å². The number of hydrogen-bond acceptors (Lipinski definition) is 6. The minimum Gasteiger partial charge on any atom is -0.454 e. The summed E-state index contributed by atoms with van der Waals surface area (Å²) < 4.78 is 10.7. The third-order valence-electron chi connectivity index (χ3n) is 6.40. The Morgan fingerprint density at radius 1 is 1.12 bits per heavy atom. The average Bonchev–Trinajstić information content (AvgIpc) is 3.51. The fraction of sp³-hybridized carbons (Fsp3) is 0.333. The molecule has 0 saturated carbocycles. The minimum absolute atomic E-state index is 0.0325. The predicted molar refractivity (Wildman–Crippen MR) is 120 cm³/mol. The van der Waals surface area contributed by atoms with E-state index in [1.54, 1.807) is 25.1 Å². The lowest BCUT2D eigenvalue weighted by molar-refractivity contribution is -0.140. The van der Waals surface area contributed by atoms with Gasteiger partial charge in [-0.1, -0.05) is 30.3 Å². The van der Waals surface area contributed by atoms with Gasteiger partial charge in [0.1, 0.15) is 5.54 Å². The van der Waals surface area contributed by atoms with Gasteiger partial charge in [0.25, 0.3) is 5.91 Å². The molecule has 3 aliphatic rings. The highest BCUT2D eigenvalue weighted by molar-refractivity contribution is 6.08. The zero-order valence-corrected chi connectivity index (χ0v) is 18.6. The Morgan fingerprint density at radius 2 is 1.88 bits per heavy atom.